The van der Waals surface area contributed by atoms with Crippen LogP contribution >= 0.6 is 11.6 Å². The van der Waals surface area contributed by atoms with Crippen molar-refractivity contribution in [1.82, 2.24) is 0 Å². The van der Waals surface area contributed by atoms with Crippen molar-refractivity contribution in [2.45, 2.75) is 0 Å². The standard InChI is InChI=1S/C22H17ClN2O/c23-18-11-13-20(14-12-18)25-21(17-7-3-1-4-8-17)15-16-24(22(25)26)19-9-5-2-6-10-19/h1-15H,16H2. The highest BCUT2D eigenvalue weighted by atomic mass is 35.5. The van der Waals surface area contributed by atoms with Crippen LogP contribution in [0, 0.1) is 0 Å². The number of carbonyl (C=O) groups excluding carboxylic acids is 1. The summed E-state index contributed by atoms with van der Waals surface area (Å²) in [6.45, 7) is 0.525. The lowest BCUT2D eigenvalue weighted by molar-refractivity contribution is 0.253. The Balaban J connectivity index is 1.81. The molecular weight excluding hydrogens is 344 g/mol. The lowest BCUT2D eigenvalue weighted by Crippen LogP contribution is -2.46. The molecule has 3 nitrogen and oxygen atoms in total. The number of rotatable bonds is 3. The summed E-state index contributed by atoms with van der Waals surface area (Å²) in [5.74, 6) is 0. The molecule has 26 heavy (non-hydrogen) atoms. The van der Waals surface area contributed by atoms with E-state index in [-0.39, 0.29) is 6.03 Å². The Kier molecular flexibility index (Phi) is 4.46. The Hall–Kier alpha value is -3.04. The summed E-state index contributed by atoms with van der Waals surface area (Å²) in [6, 6.07) is 26.9. The third kappa shape index (κ3) is 3.09. The van der Waals surface area contributed by atoms with Gasteiger partial charge in [0, 0.05) is 17.3 Å². The van der Waals surface area contributed by atoms with Crippen molar-refractivity contribution in [3.05, 3.63) is 102 Å². The second kappa shape index (κ2) is 7.06. The van der Waals surface area contributed by atoms with Crippen molar-refractivity contribution in [2.24, 2.45) is 0 Å². The molecule has 0 aliphatic carbocycles. The van der Waals surface area contributed by atoms with Crippen molar-refractivity contribution in [3.8, 4) is 0 Å². The average Bonchev–Trinajstić information content (AvgIpc) is 2.70. The third-order valence-electron chi connectivity index (χ3n) is 4.35. The first kappa shape index (κ1) is 16.4. The zero-order valence-corrected chi connectivity index (χ0v) is 14.8. The van der Waals surface area contributed by atoms with Gasteiger partial charge in [-0.05, 0) is 48.0 Å². The van der Waals surface area contributed by atoms with Gasteiger partial charge in [-0.15, -0.1) is 0 Å². The molecule has 0 atom stereocenters. The summed E-state index contributed by atoms with van der Waals surface area (Å²) in [4.78, 5) is 16.9. The molecule has 4 heteroatoms. The minimum atomic E-state index is -0.0834. The van der Waals surface area contributed by atoms with Gasteiger partial charge in [-0.25, -0.2) is 4.79 Å². The molecular formula is C22H17ClN2O. The molecule has 3 aromatic carbocycles. The van der Waals surface area contributed by atoms with E-state index in [1.165, 1.54) is 0 Å². The number of urea groups is 1. The summed E-state index contributed by atoms with van der Waals surface area (Å²) in [7, 11) is 0. The fourth-order valence-corrected chi connectivity index (χ4v) is 3.22. The largest absolute Gasteiger partial charge is 0.333 e. The molecule has 0 unspecified atom stereocenters. The molecule has 0 saturated heterocycles. The van der Waals surface area contributed by atoms with Crippen molar-refractivity contribution < 1.29 is 4.79 Å². The minimum Gasteiger partial charge on any atom is -0.290 e. The zero-order chi connectivity index (χ0) is 17.9. The maximum absolute atomic E-state index is 13.4. The van der Waals surface area contributed by atoms with Crippen molar-refractivity contribution in [3.63, 3.8) is 0 Å². The predicted octanol–water partition coefficient (Wildman–Crippen LogP) is 5.83. The maximum atomic E-state index is 13.4. The van der Waals surface area contributed by atoms with E-state index in [2.05, 4.69) is 6.08 Å². The van der Waals surface area contributed by atoms with Crippen LogP contribution in [-0.2, 0) is 0 Å². The number of halogens is 1. The Morgan fingerprint density at radius 3 is 2.00 bits per heavy atom. The summed E-state index contributed by atoms with van der Waals surface area (Å²) in [5, 5.41) is 0.642. The van der Waals surface area contributed by atoms with E-state index in [9.17, 15) is 4.79 Å². The van der Waals surface area contributed by atoms with Crippen LogP contribution in [0.3, 0.4) is 0 Å². The van der Waals surface area contributed by atoms with Gasteiger partial charge in [0.1, 0.15) is 0 Å². The van der Waals surface area contributed by atoms with Crippen LogP contribution in [0.25, 0.3) is 5.70 Å². The summed E-state index contributed by atoms with van der Waals surface area (Å²) < 4.78 is 0. The Morgan fingerprint density at radius 2 is 1.35 bits per heavy atom. The summed E-state index contributed by atoms with van der Waals surface area (Å²) >= 11 is 6.04. The van der Waals surface area contributed by atoms with Crippen molar-refractivity contribution in [1.29, 1.82) is 0 Å². The molecule has 0 spiro atoms. The van der Waals surface area contributed by atoms with Crippen molar-refractivity contribution in [2.75, 3.05) is 16.3 Å². The van der Waals surface area contributed by atoms with Crippen molar-refractivity contribution >= 4 is 34.7 Å². The van der Waals surface area contributed by atoms with E-state index < -0.39 is 0 Å². The fourth-order valence-electron chi connectivity index (χ4n) is 3.09. The second-order valence-corrected chi connectivity index (χ2v) is 6.43. The SMILES string of the molecule is O=C1N(c2ccccc2)CC=C(c2ccccc2)N1c1ccc(Cl)cc1. The first-order valence-corrected chi connectivity index (χ1v) is 8.79. The molecule has 1 aliphatic heterocycles. The third-order valence-corrected chi connectivity index (χ3v) is 4.60. The van der Waals surface area contributed by atoms with Gasteiger partial charge in [0.2, 0.25) is 0 Å². The zero-order valence-electron chi connectivity index (χ0n) is 14.0. The maximum Gasteiger partial charge on any atom is 0.333 e. The first-order chi connectivity index (χ1) is 12.7. The molecule has 0 aromatic heterocycles. The van der Waals surface area contributed by atoms with Gasteiger partial charge in [-0.2, -0.15) is 0 Å². The highest BCUT2D eigenvalue weighted by Gasteiger charge is 2.30. The van der Waals surface area contributed by atoms with Crippen LogP contribution in [-0.4, -0.2) is 12.6 Å². The van der Waals surface area contributed by atoms with Gasteiger partial charge in [0.15, 0.2) is 0 Å². The van der Waals surface area contributed by atoms with Crippen LogP contribution < -0.4 is 9.80 Å². The fraction of sp³-hybridized carbons (Fsp3) is 0.0455. The lowest BCUT2D eigenvalue weighted by Gasteiger charge is -2.36. The number of hydrogen-bond donors (Lipinski definition) is 0. The Morgan fingerprint density at radius 1 is 0.731 bits per heavy atom. The number of carbonyl (C=O) groups is 1. The van der Waals surface area contributed by atoms with E-state index in [1.807, 2.05) is 72.8 Å². The number of para-hydroxylation sites is 1. The highest BCUT2D eigenvalue weighted by molar-refractivity contribution is 6.30. The average molecular weight is 361 g/mol. The van der Waals surface area contributed by atoms with Crippen LogP contribution in [0.2, 0.25) is 5.02 Å². The number of hydrogen-bond acceptors (Lipinski definition) is 1. The van der Waals surface area contributed by atoms with Crippen LogP contribution in [0.4, 0.5) is 16.2 Å². The van der Waals surface area contributed by atoms with Crippen LogP contribution in [0.15, 0.2) is 91.0 Å². The molecule has 0 fully saturated rings. The van der Waals surface area contributed by atoms with Gasteiger partial charge in [0.05, 0.1) is 11.4 Å². The Labute approximate surface area is 157 Å². The molecule has 0 radical (unpaired) electrons. The van der Waals surface area contributed by atoms with E-state index in [0.29, 0.717) is 11.6 Å². The van der Waals surface area contributed by atoms with Gasteiger partial charge in [-0.3, -0.25) is 9.80 Å². The number of benzene rings is 3. The van der Waals surface area contributed by atoms with Crippen LogP contribution in [0.5, 0.6) is 0 Å². The smallest absolute Gasteiger partial charge is 0.290 e. The van der Waals surface area contributed by atoms with E-state index in [0.717, 1.165) is 22.6 Å². The molecule has 1 aliphatic rings. The lowest BCUT2D eigenvalue weighted by atomic mass is 10.1. The van der Waals surface area contributed by atoms with Gasteiger partial charge >= 0.3 is 6.03 Å². The number of amides is 2. The molecule has 4 rings (SSSR count). The van der Waals surface area contributed by atoms with Gasteiger partial charge in [-0.1, -0.05) is 60.1 Å². The molecule has 128 valence electrons. The van der Waals surface area contributed by atoms with E-state index in [1.54, 1.807) is 21.9 Å². The molecule has 0 N–H and O–H groups in total. The minimum absolute atomic E-state index is 0.0834. The molecule has 2 amide bonds. The summed E-state index contributed by atoms with van der Waals surface area (Å²) in [5.41, 5.74) is 3.54. The second-order valence-electron chi connectivity index (χ2n) is 6.00. The first-order valence-electron chi connectivity index (χ1n) is 8.42. The van der Waals surface area contributed by atoms with E-state index >= 15 is 0 Å². The van der Waals surface area contributed by atoms with Gasteiger partial charge in [0.25, 0.3) is 0 Å². The molecule has 0 bridgehead atoms. The predicted molar refractivity (Wildman–Crippen MR) is 108 cm³/mol. The number of anilines is 2. The van der Waals surface area contributed by atoms with Crippen LogP contribution in [0.1, 0.15) is 5.56 Å². The quantitative estimate of drug-likeness (QED) is 0.576. The van der Waals surface area contributed by atoms with Gasteiger partial charge < -0.3 is 0 Å². The summed E-state index contributed by atoms with van der Waals surface area (Å²) in [6.07, 6.45) is 2.08. The molecule has 3 aromatic rings. The topological polar surface area (TPSA) is 23.6 Å². The highest BCUT2D eigenvalue weighted by Crippen LogP contribution is 2.33. The monoisotopic (exact) mass is 360 g/mol. The molecule has 0 saturated carbocycles. The Bertz CT molecular complexity index is 937. The number of nitrogens with zero attached hydrogens (tertiary/aromatic N) is 2. The van der Waals surface area contributed by atoms with E-state index in [4.69, 9.17) is 11.6 Å². The normalized spacial score (nSPS) is 14.3. The molecule has 1 heterocycles.